The molecule has 6 rings (SSSR count). The zero-order chi connectivity index (χ0) is 35.9. The molecule has 8 N–H and O–H groups in total. The third kappa shape index (κ3) is 6.48. The van der Waals surface area contributed by atoms with Crippen molar-refractivity contribution in [2.75, 3.05) is 17.2 Å². The summed E-state index contributed by atoms with van der Waals surface area (Å²) < 4.78 is 1.04. The number of hydroxylamine groups is 1. The number of aliphatic imine (C=N–C) groups is 1. The summed E-state index contributed by atoms with van der Waals surface area (Å²) in [6.45, 7) is 1.38. The number of nitrogens with zero attached hydrogens (tertiary/aromatic N) is 8. The van der Waals surface area contributed by atoms with Gasteiger partial charge in [-0.3, -0.25) is 29.1 Å². The highest BCUT2D eigenvalue weighted by Gasteiger charge is 2.54. The first kappa shape index (κ1) is 34.4. The second-order valence-corrected chi connectivity index (χ2v) is 13.6. The fraction of sp³-hybridized carbons (Fsp3) is 0.269. The topological polar surface area (TPSA) is 283 Å². The van der Waals surface area contributed by atoms with Crippen LogP contribution in [0.5, 0.6) is 5.75 Å². The van der Waals surface area contributed by atoms with Crippen LogP contribution in [0.4, 0.5) is 9.93 Å². The van der Waals surface area contributed by atoms with Gasteiger partial charge in [-0.25, -0.2) is 40.0 Å². The number of carbonyl (C=O) groups is 4. The van der Waals surface area contributed by atoms with Crippen LogP contribution in [0.15, 0.2) is 60.9 Å². The summed E-state index contributed by atoms with van der Waals surface area (Å²) in [6, 6.07) is -1.96. The zero-order valence-corrected chi connectivity index (χ0v) is 28.2. The molecule has 24 heteroatoms. The highest BCUT2D eigenvalue weighted by molar-refractivity contribution is 8.03. The maximum atomic E-state index is 13.5. The Morgan fingerprint density at radius 1 is 1.30 bits per heavy atom. The monoisotopic (exact) mass is 746 g/mol. The van der Waals surface area contributed by atoms with Gasteiger partial charge in [0, 0.05) is 29.6 Å². The first-order valence-electron chi connectivity index (χ1n) is 14.1. The molecular weight excluding hydrogens is 721 g/mol. The molecule has 0 spiro atoms. The molecule has 0 aliphatic carbocycles. The van der Waals surface area contributed by atoms with E-state index in [9.17, 15) is 34.2 Å². The molecule has 2 aromatic rings. The highest BCUT2D eigenvalue weighted by atomic mass is 32.2. The number of urea groups is 1. The summed E-state index contributed by atoms with van der Waals surface area (Å²) in [4.78, 5) is 82.0. The van der Waals surface area contributed by atoms with Crippen molar-refractivity contribution in [1.82, 2.24) is 45.8 Å². The van der Waals surface area contributed by atoms with E-state index in [1.165, 1.54) is 52.6 Å². The minimum absolute atomic E-state index is 0.0471. The van der Waals surface area contributed by atoms with Gasteiger partial charge in [0.1, 0.15) is 22.8 Å². The lowest BCUT2D eigenvalue weighted by Crippen LogP contribution is -2.71. The summed E-state index contributed by atoms with van der Waals surface area (Å²) in [5.74, 6) is -2.58. The Morgan fingerprint density at radius 2 is 2.08 bits per heavy atom. The van der Waals surface area contributed by atoms with Crippen LogP contribution >= 0.6 is 34.9 Å². The second-order valence-electron chi connectivity index (χ2n) is 10.6. The van der Waals surface area contributed by atoms with E-state index in [0.29, 0.717) is 22.1 Å². The number of oxime groups is 1. The van der Waals surface area contributed by atoms with Crippen LogP contribution in [-0.4, -0.2) is 103 Å². The number of allylic oxidation sites excluding steroid dienone is 1. The first-order valence-corrected chi connectivity index (χ1v) is 17.1. The summed E-state index contributed by atoms with van der Waals surface area (Å²) in [5, 5.41) is 39.0. The van der Waals surface area contributed by atoms with Gasteiger partial charge in [0.15, 0.2) is 34.8 Å². The molecule has 0 saturated carbocycles. The molecule has 0 radical (unpaired) electrons. The number of aliphatic carboxylic acids is 1. The molecule has 1 fully saturated rings. The number of nitrogens with two attached hydrogens (primary N) is 1. The molecule has 0 bridgehead atoms. The number of hydrogen-bond acceptors (Lipinski definition) is 18. The number of carboxylic acids is 1. The van der Waals surface area contributed by atoms with E-state index in [1.54, 1.807) is 13.0 Å². The van der Waals surface area contributed by atoms with Crippen molar-refractivity contribution in [2.45, 2.75) is 24.9 Å². The highest BCUT2D eigenvalue weighted by Crippen LogP contribution is 2.42. The normalized spacial score (nSPS) is 20.0. The third-order valence-electron chi connectivity index (χ3n) is 7.35. The van der Waals surface area contributed by atoms with Crippen molar-refractivity contribution in [3.8, 4) is 5.75 Å². The van der Waals surface area contributed by atoms with E-state index in [0.717, 1.165) is 32.0 Å². The number of β-lactam (4-membered cyclic amide) rings is 1. The summed E-state index contributed by atoms with van der Waals surface area (Å²) >= 11 is 3.53. The second kappa shape index (κ2) is 13.8. The Hall–Kier alpha value is -5.43. The van der Waals surface area contributed by atoms with Gasteiger partial charge < -0.3 is 26.1 Å². The maximum absolute atomic E-state index is 13.5. The molecular formula is C26H26N12O9S3. The number of hydrogen-bond donors (Lipinski definition) is 7. The van der Waals surface area contributed by atoms with Crippen molar-refractivity contribution in [1.29, 1.82) is 0 Å². The van der Waals surface area contributed by atoms with E-state index in [4.69, 9.17) is 15.8 Å². The lowest BCUT2D eigenvalue weighted by Gasteiger charge is -2.49. The fourth-order valence-corrected chi connectivity index (χ4v) is 8.04. The predicted octanol–water partition coefficient (Wildman–Crippen LogP) is -0.832. The van der Waals surface area contributed by atoms with Gasteiger partial charge in [0.05, 0.1) is 17.4 Å². The van der Waals surface area contributed by atoms with Crippen LogP contribution < -0.4 is 27.6 Å². The molecule has 4 amide bonds. The van der Waals surface area contributed by atoms with Gasteiger partial charge in [-0.1, -0.05) is 5.16 Å². The van der Waals surface area contributed by atoms with Crippen molar-refractivity contribution >= 4 is 75.2 Å². The SMILES string of the molecule is CC1=NC2=CN(C(=O)NO)NN2C(SCC2=C(C(=O)O)N3C(=O)[C@@H](NC(=O)/C(=N\OCc4ncc(O)c(=O)n4C)c4csc(N)n4)[C@H]3SC2)=C1. The predicted molar refractivity (Wildman–Crippen MR) is 178 cm³/mol. The molecule has 6 heterocycles. The number of carboxylic acid groups (broad SMARTS) is 1. The quantitative estimate of drug-likeness (QED) is 0.0676. The number of aromatic nitrogens is 3. The number of thioether (sulfide) groups is 2. The smallest absolute Gasteiger partial charge is 0.361 e. The third-order valence-corrected chi connectivity index (χ3v) is 10.4. The molecule has 4 aliphatic rings. The lowest BCUT2D eigenvalue weighted by molar-refractivity contribution is -0.150. The molecule has 262 valence electrons. The molecule has 0 unspecified atom stereocenters. The number of aromatic hydroxyl groups is 1. The Labute approximate surface area is 292 Å². The first-order chi connectivity index (χ1) is 23.9. The molecule has 0 aromatic carbocycles. The van der Waals surface area contributed by atoms with Gasteiger partial charge >= 0.3 is 12.0 Å². The van der Waals surface area contributed by atoms with E-state index in [1.807, 2.05) is 0 Å². The average Bonchev–Trinajstić information content (AvgIpc) is 3.72. The Morgan fingerprint density at radius 3 is 2.78 bits per heavy atom. The number of thiazole rings is 1. The molecule has 1 saturated heterocycles. The number of rotatable bonds is 10. The number of nitrogens with one attached hydrogen (secondary N) is 3. The molecule has 50 heavy (non-hydrogen) atoms. The van der Waals surface area contributed by atoms with E-state index in [2.05, 4.69) is 31.0 Å². The standard InChI is InChI=1S/C26H26N12O9S3/c1-10-3-16(38-14(29-10)5-36(34-38)26(45)32-46)48-7-11-8-49-23-18(22(42)37(23)19(11)24(43)44)31-20(40)17(12-9-50-25(27)30-12)33-47-6-15-28-4-13(39)21(41)35(15)2/h3-5,9,18,23,34,39,46H,6-8H2,1-2H3,(H2,27,30)(H,31,40)(H,32,45)(H,43,44)/b33-17-/t18-,23-/m1/s1. The van der Waals surface area contributed by atoms with Crippen LogP contribution in [0, 0.1) is 0 Å². The summed E-state index contributed by atoms with van der Waals surface area (Å²) in [6.07, 6.45) is 4.03. The number of fused-ring (bicyclic) bond motifs is 2. The number of hydrazine groups is 2. The van der Waals surface area contributed by atoms with Crippen LogP contribution in [0.2, 0.25) is 0 Å². The van der Waals surface area contributed by atoms with Crippen molar-refractivity contribution in [2.24, 2.45) is 17.2 Å². The molecule has 4 aliphatic heterocycles. The van der Waals surface area contributed by atoms with Gasteiger partial charge in [-0.15, -0.1) is 40.4 Å². The number of amides is 4. The fourth-order valence-electron chi connectivity index (χ4n) is 4.94. The summed E-state index contributed by atoms with van der Waals surface area (Å²) in [5.41, 5.74) is 9.87. The van der Waals surface area contributed by atoms with Crippen LogP contribution in [0.1, 0.15) is 18.4 Å². The number of nitrogen functional groups attached to an aromatic ring is 1. The van der Waals surface area contributed by atoms with E-state index < -0.39 is 46.5 Å². The van der Waals surface area contributed by atoms with Crippen LogP contribution in [0.3, 0.4) is 0 Å². The molecule has 2 aromatic heterocycles. The molecule has 21 nitrogen and oxygen atoms in total. The Bertz CT molecular complexity index is 2020. The van der Waals surface area contributed by atoms with Crippen molar-refractivity contribution in [3.63, 3.8) is 0 Å². The van der Waals surface area contributed by atoms with Crippen molar-refractivity contribution < 1.29 is 39.4 Å². The number of carbonyl (C=O) groups excluding carboxylic acids is 3. The average molecular weight is 747 g/mol. The van der Waals surface area contributed by atoms with Crippen molar-refractivity contribution in [3.05, 3.63) is 67.8 Å². The van der Waals surface area contributed by atoms with Gasteiger partial charge in [0.25, 0.3) is 17.4 Å². The van der Waals surface area contributed by atoms with Crippen LogP contribution in [-0.2, 0) is 32.9 Å². The van der Waals surface area contributed by atoms with E-state index in [-0.39, 0.29) is 46.2 Å². The lowest BCUT2D eigenvalue weighted by atomic mass is 10.0. The van der Waals surface area contributed by atoms with Gasteiger partial charge in [0.2, 0.25) is 0 Å². The maximum Gasteiger partial charge on any atom is 0.361 e. The molecule has 2 atom stereocenters. The largest absolute Gasteiger partial charge is 0.502 e. The number of anilines is 1. The zero-order valence-electron chi connectivity index (χ0n) is 25.8. The van der Waals surface area contributed by atoms with Crippen LogP contribution in [0.25, 0.3) is 0 Å². The van der Waals surface area contributed by atoms with E-state index >= 15 is 0 Å². The minimum atomic E-state index is -1.32. The Balaban J connectivity index is 1.15. The Kier molecular flexibility index (Phi) is 9.52. The van der Waals surface area contributed by atoms with Gasteiger partial charge in [-0.05, 0) is 18.6 Å². The van der Waals surface area contributed by atoms with Gasteiger partial charge in [-0.2, -0.15) is 0 Å². The minimum Gasteiger partial charge on any atom is -0.502 e. The summed E-state index contributed by atoms with van der Waals surface area (Å²) in [7, 11) is 1.36.